The number of hydrogen-bond donors (Lipinski definition) is 2. The minimum Gasteiger partial charge on any atom is -0.461 e. The molecule has 33 heavy (non-hydrogen) atoms. The molecule has 5 nitrogen and oxygen atoms in total. The number of carbonyl (C=O) groups excluding carboxylic acids is 1. The number of allylic oxidation sites excluding steroid dienone is 4. The number of hydrogen-bond acceptors (Lipinski definition) is 5. The molecule has 5 atom stereocenters. The quantitative estimate of drug-likeness (QED) is 0.387. The topological polar surface area (TPSA) is 76.0 Å². The highest BCUT2D eigenvalue weighted by Gasteiger charge is 2.46. The molecule has 0 aromatic rings. The fourth-order valence-electron chi connectivity index (χ4n) is 5.91. The van der Waals surface area contributed by atoms with Crippen LogP contribution in [0.4, 0.5) is 0 Å². The smallest absolute Gasteiger partial charge is 0.332 e. The summed E-state index contributed by atoms with van der Waals surface area (Å²) in [6.07, 6.45) is 12.0. The van der Waals surface area contributed by atoms with E-state index in [1.54, 1.807) is 0 Å². The van der Waals surface area contributed by atoms with Gasteiger partial charge in [-0.1, -0.05) is 51.2 Å². The van der Waals surface area contributed by atoms with E-state index in [9.17, 15) is 15.0 Å². The van der Waals surface area contributed by atoms with Crippen molar-refractivity contribution in [1.29, 1.82) is 0 Å². The summed E-state index contributed by atoms with van der Waals surface area (Å²) in [5.74, 6) is 0.121. The fourth-order valence-corrected chi connectivity index (χ4v) is 5.91. The number of rotatable bonds is 8. The molecule has 184 valence electrons. The van der Waals surface area contributed by atoms with Crippen LogP contribution in [0.3, 0.4) is 0 Å². The largest absolute Gasteiger partial charge is 0.461 e. The third-order valence-corrected chi connectivity index (χ3v) is 7.97. The van der Waals surface area contributed by atoms with Crippen LogP contribution < -0.4 is 0 Å². The Bertz CT molecular complexity index is 818. The molecule has 0 aromatic carbocycles. The summed E-state index contributed by atoms with van der Waals surface area (Å²) in [4.78, 5) is 12.2. The molecule has 2 N–H and O–H groups in total. The summed E-state index contributed by atoms with van der Waals surface area (Å²) >= 11 is 0. The zero-order valence-electron chi connectivity index (χ0n) is 20.8. The van der Waals surface area contributed by atoms with Crippen LogP contribution in [0, 0.1) is 11.3 Å². The van der Waals surface area contributed by atoms with Gasteiger partial charge in [-0.15, -0.1) is 0 Å². The Hall–Kier alpha value is -1.69. The lowest BCUT2D eigenvalue weighted by molar-refractivity contribution is -0.156. The minimum absolute atomic E-state index is 0.0166. The maximum atomic E-state index is 12.2. The molecule has 0 aromatic heterocycles. The maximum absolute atomic E-state index is 12.2. The summed E-state index contributed by atoms with van der Waals surface area (Å²) in [5.41, 5.74) is 4.38. The number of aliphatic hydroxyl groups is 2. The highest BCUT2D eigenvalue weighted by atomic mass is 16.6. The zero-order chi connectivity index (χ0) is 24.2. The Balaban J connectivity index is 1.66. The molecule has 0 radical (unpaired) electrons. The monoisotopic (exact) mass is 458 g/mol. The van der Waals surface area contributed by atoms with Gasteiger partial charge in [-0.05, 0) is 79.9 Å². The Morgan fingerprint density at radius 1 is 1.30 bits per heavy atom. The summed E-state index contributed by atoms with van der Waals surface area (Å²) < 4.78 is 11.5. The molecule has 3 aliphatic carbocycles. The second-order valence-electron chi connectivity index (χ2n) is 10.2. The second kappa shape index (κ2) is 11.2. The first-order valence-corrected chi connectivity index (χ1v) is 12.7. The lowest BCUT2D eigenvalue weighted by Gasteiger charge is -2.42. The molecule has 5 heteroatoms. The first kappa shape index (κ1) is 25.9. The highest BCUT2D eigenvalue weighted by molar-refractivity contribution is 5.71. The van der Waals surface area contributed by atoms with E-state index in [2.05, 4.69) is 31.7 Å². The van der Waals surface area contributed by atoms with E-state index in [-0.39, 0.29) is 30.2 Å². The van der Waals surface area contributed by atoms with Crippen molar-refractivity contribution in [3.63, 3.8) is 0 Å². The van der Waals surface area contributed by atoms with Crippen molar-refractivity contribution in [1.82, 2.24) is 0 Å². The van der Waals surface area contributed by atoms with Gasteiger partial charge in [0.15, 0.2) is 0 Å². The molecule has 0 aliphatic heterocycles. The summed E-state index contributed by atoms with van der Waals surface area (Å²) in [6.45, 7) is 12.4. The first-order valence-electron chi connectivity index (χ1n) is 12.7. The van der Waals surface area contributed by atoms with E-state index in [0.717, 1.165) is 49.7 Å². The van der Waals surface area contributed by atoms with Crippen molar-refractivity contribution >= 4 is 5.97 Å². The standard InChI is InChI=1S/C28H42O5/c1-6-23(7-2)33-27(31)17-32-19(4)24-12-13-25-20(9-8-14-28(24,25)5)10-11-21-15-22(29)16-26(30)18(21)3/h10-12,19,22-23,25-26,29-30H,3,6-9,13-17H2,1-2,4-5H3/b20-10+,21-11-/t19?,22-,25+,26+,28-/m1/s1. The van der Waals surface area contributed by atoms with Crippen molar-refractivity contribution < 1.29 is 24.5 Å². The Labute approximate surface area is 199 Å². The molecule has 0 spiro atoms. The number of ether oxygens (including phenoxy) is 2. The van der Waals surface area contributed by atoms with Gasteiger partial charge in [0.05, 0.1) is 18.3 Å². The molecule has 1 unspecified atom stereocenters. The minimum atomic E-state index is -0.663. The van der Waals surface area contributed by atoms with Crippen LogP contribution in [0.1, 0.15) is 79.1 Å². The van der Waals surface area contributed by atoms with E-state index in [4.69, 9.17) is 9.47 Å². The van der Waals surface area contributed by atoms with Crippen LogP contribution in [0.5, 0.6) is 0 Å². The number of fused-ring (bicyclic) bond motifs is 1. The van der Waals surface area contributed by atoms with Crippen molar-refractivity contribution in [3.05, 3.63) is 47.1 Å². The maximum Gasteiger partial charge on any atom is 0.332 e. The van der Waals surface area contributed by atoms with Gasteiger partial charge < -0.3 is 19.7 Å². The van der Waals surface area contributed by atoms with E-state index in [0.29, 0.717) is 18.8 Å². The molecule has 0 heterocycles. The molecular formula is C28H42O5. The average molecular weight is 459 g/mol. The lowest BCUT2D eigenvalue weighted by Crippen LogP contribution is -2.35. The number of carbonyl (C=O) groups is 1. The van der Waals surface area contributed by atoms with Crippen molar-refractivity contribution in [3.8, 4) is 0 Å². The van der Waals surface area contributed by atoms with Gasteiger partial charge >= 0.3 is 5.97 Å². The van der Waals surface area contributed by atoms with Gasteiger partial charge in [0.1, 0.15) is 12.7 Å². The van der Waals surface area contributed by atoms with Crippen LogP contribution in [-0.4, -0.2) is 47.2 Å². The number of aliphatic hydroxyl groups excluding tert-OH is 2. The van der Waals surface area contributed by atoms with Crippen LogP contribution in [0.2, 0.25) is 0 Å². The molecule has 2 saturated carbocycles. The predicted molar refractivity (Wildman–Crippen MR) is 131 cm³/mol. The van der Waals surface area contributed by atoms with Crippen molar-refractivity contribution in [2.24, 2.45) is 11.3 Å². The highest BCUT2D eigenvalue weighted by Crippen LogP contribution is 2.55. The summed E-state index contributed by atoms with van der Waals surface area (Å²) in [6, 6.07) is 0. The summed E-state index contributed by atoms with van der Waals surface area (Å²) in [7, 11) is 0. The molecular weight excluding hydrogens is 416 g/mol. The second-order valence-corrected chi connectivity index (χ2v) is 10.2. The van der Waals surface area contributed by atoms with Gasteiger partial charge in [0, 0.05) is 6.42 Å². The van der Waals surface area contributed by atoms with Gasteiger partial charge in [0.2, 0.25) is 0 Å². The average Bonchev–Trinajstić information content (AvgIpc) is 3.14. The Kier molecular flexibility index (Phi) is 8.76. The third kappa shape index (κ3) is 5.87. The summed E-state index contributed by atoms with van der Waals surface area (Å²) in [5, 5.41) is 20.2. The van der Waals surface area contributed by atoms with Gasteiger partial charge in [-0.3, -0.25) is 0 Å². The van der Waals surface area contributed by atoms with Crippen molar-refractivity contribution in [2.45, 2.75) is 103 Å². The Morgan fingerprint density at radius 3 is 2.73 bits per heavy atom. The fraction of sp³-hybridized carbons (Fsp3) is 0.679. The van der Waals surface area contributed by atoms with Crippen LogP contribution >= 0.6 is 0 Å². The van der Waals surface area contributed by atoms with Crippen LogP contribution in [0.15, 0.2) is 47.1 Å². The van der Waals surface area contributed by atoms with E-state index in [1.807, 2.05) is 20.8 Å². The van der Waals surface area contributed by atoms with Crippen molar-refractivity contribution in [2.75, 3.05) is 6.61 Å². The molecule has 3 aliphatic rings. The SMILES string of the molecule is C=C1/C(=C\C=C2/CCC[C@]3(C)C(C(C)OCC(=O)OC(CC)CC)=CC[C@@H]23)C[C@@H](O)C[C@@H]1O. The normalized spacial score (nSPS) is 33.4. The van der Waals surface area contributed by atoms with Crippen LogP contribution in [0.25, 0.3) is 0 Å². The van der Waals surface area contributed by atoms with Gasteiger partial charge in [0.25, 0.3) is 0 Å². The van der Waals surface area contributed by atoms with E-state index < -0.39 is 12.2 Å². The molecule has 0 bridgehead atoms. The van der Waals surface area contributed by atoms with Gasteiger partial charge in [-0.25, -0.2) is 4.79 Å². The lowest BCUT2D eigenvalue weighted by atomic mass is 9.63. The Morgan fingerprint density at radius 2 is 2.03 bits per heavy atom. The molecule has 0 saturated heterocycles. The zero-order valence-corrected chi connectivity index (χ0v) is 20.8. The number of esters is 1. The molecule has 0 amide bonds. The van der Waals surface area contributed by atoms with E-state index >= 15 is 0 Å². The van der Waals surface area contributed by atoms with Crippen LogP contribution in [-0.2, 0) is 14.3 Å². The third-order valence-electron chi connectivity index (χ3n) is 7.97. The molecule has 3 rings (SSSR count). The van der Waals surface area contributed by atoms with E-state index in [1.165, 1.54) is 11.1 Å². The predicted octanol–water partition coefficient (Wildman–Crippen LogP) is 5.18. The first-order chi connectivity index (χ1) is 15.7. The molecule has 2 fully saturated rings. The van der Waals surface area contributed by atoms with Gasteiger partial charge in [-0.2, -0.15) is 0 Å².